The Morgan fingerprint density at radius 3 is 2.93 bits per heavy atom. The van der Waals surface area contributed by atoms with E-state index in [-0.39, 0.29) is 23.6 Å². The molecule has 0 saturated heterocycles. The second-order valence-electron chi connectivity index (χ2n) is 6.26. The van der Waals surface area contributed by atoms with Gasteiger partial charge in [0.15, 0.2) is 0 Å². The third-order valence-corrected chi connectivity index (χ3v) is 6.01. The molecule has 5 rings (SSSR count). The number of aliphatic hydroxyl groups is 1. The van der Waals surface area contributed by atoms with Crippen molar-refractivity contribution in [3.8, 4) is 21.8 Å². The average Bonchev–Trinajstić information content (AvgIpc) is 3.38. The fourth-order valence-electron chi connectivity index (χ4n) is 3.42. The van der Waals surface area contributed by atoms with E-state index in [9.17, 15) is 5.11 Å². The van der Waals surface area contributed by atoms with E-state index >= 15 is 0 Å². The van der Waals surface area contributed by atoms with Gasteiger partial charge in [-0.15, -0.1) is 28.3 Å². The number of fused-ring (bicyclic) bond motifs is 2. The molecule has 5 aromatic rings. The maximum atomic E-state index is 9.39. The van der Waals surface area contributed by atoms with Gasteiger partial charge in [0.25, 0.3) is 0 Å². The SMILES string of the molecule is Br.OCCn1cc(-c2nc(-c3c[nH]c4ncccc34)cs2)c2cc(Br)ccc21. The van der Waals surface area contributed by atoms with Gasteiger partial charge >= 0.3 is 0 Å². The summed E-state index contributed by atoms with van der Waals surface area (Å²) in [5.74, 6) is 0. The summed E-state index contributed by atoms with van der Waals surface area (Å²) in [6.07, 6.45) is 5.82. The number of halogens is 2. The van der Waals surface area contributed by atoms with Crippen molar-refractivity contribution in [2.24, 2.45) is 0 Å². The van der Waals surface area contributed by atoms with Gasteiger partial charge in [-0.3, -0.25) is 0 Å². The van der Waals surface area contributed by atoms with Crippen LogP contribution in [0.1, 0.15) is 0 Å². The Labute approximate surface area is 184 Å². The van der Waals surface area contributed by atoms with Gasteiger partial charge in [-0.25, -0.2) is 9.97 Å². The lowest BCUT2D eigenvalue weighted by Crippen LogP contribution is -1.99. The molecule has 28 heavy (non-hydrogen) atoms. The highest BCUT2D eigenvalue weighted by atomic mass is 79.9. The fourth-order valence-corrected chi connectivity index (χ4v) is 4.63. The summed E-state index contributed by atoms with van der Waals surface area (Å²) in [6.45, 7) is 0.662. The van der Waals surface area contributed by atoms with Crippen molar-refractivity contribution in [1.29, 1.82) is 0 Å². The summed E-state index contributed by atoms with van der Waals surface area (Å²) >= 11 is 5.19. The Hall–Kier alpha value is -2.00. The van der Waals surface area contributed by atoms with Crippen LogP contribution < -0.4 is 0 Å². The molecular weight excluding hydrogens is 504 g/mol. The zero-order valence-electron chi connectivity index (χ0n) is 14.6. The zero-order chi connectivity index (χ0) is 18.4. The third-order valence-electron chi connectivity index (χ3n) is 4.65. The molecule has 142 valence electrons. The summed E-state index contributed by atoms with van der Waals surface area (Å²) < 4.78 is 3.10. The smallest absolute Gasteiger partial charge is 0.137 e. The van der Waals surface area contributed by atoms with Crippen molar-refractivity contribution in [1.82, 2.24) is 19.5 Å². The van der Waals surface area contributed by atoms with Gasteiger partial charge in [-0.1, -0.05) is 15.9 Å². The van der Waals surface area contributed by atoms with Gasteiger partial charge in [0.2, 0.25) is 0 Å². The quantitative estimate of drug-likeness (QED) is 0.323. The standard InChI is InChI=1S/C20H15BrN4OS.BrH/c21-12-3-4-18-14(8-12)16(10-25(18)6-7-26)20-24-17(11-27-20)15-9-23-19-13(15)2-1-5-22-19;/h1-5,8-11,26H,6-7H2,(H,22,23);1H. The number of aromatic amines is 1. The Kier molecular flexibility index (Phi) is 5.37. The summed E-state index contributed by atoms with van der Waals surface area (Å²) in [5, 5.41) is 14.6. The third kappa shape index (κ3) is 3.20. The van der Waals surface area contributed by atoms with E-state index in [2.05, 4.69) is 60.2 Å². The minimum Gasteiger partial charge on any atom is -0.395 e. The highest BCUT2D eigenvalue weighted by Gasteiger charge is 2.16. The number of benzene rings is 1. The summed E-state index contributed by atoms with van der Waals surface area (Å²) in [7, 11) is 0. The number of aliphatic hydroxyl groups excluding tert-OH is 1. The molecule has 0 atom stereocenters. The molecule has 8 heteroatoms. The molecule has 0 spiro atoms. The van der Waals surface area contributed by atoms with Crippen molar-refractivity contribution in [2.75, 3.05) is 6.61 Å². The van der Waals surface area contributed by atoms with Crippen LogP contribution in [0, 0.1) is 0 Å². The molecule has 0 fully saturated rings. The van der Waals surface area contributed by atoms with Crippen LogP contribution in [0.25, 0.3) is 43.8 Å². The molecule has 0 saturated carbocycles. The summed E-state index contributed by atoms with van der Waals surface area (Å²) in [6, 6.07) is 10.2. The average molecular weight is 520 g/mol. The van der Waals surface area contributed by atoms with Crippen LogP contribution in [0.4, 0.5) is 0 Å². The summed E-state index contributed by atoms with van der Waals surface area (Å²) in [5.41, 5.74) is 5.03. The second kappa shape index (κ2) is 7.79. The van der Waals surface area contributed by atoms with Crippen molar-refractivity contribution < 1.29 is 5.11 Å². The van der Waals surface area contributed by atoms with Crippen molar-refractivity contribution in [3.63, 3.8) is 0 Å². The Morgan fingerprint density at radius 2 is 2.07 bits per heavy atom. The Balaban J connectivity index is 0.00000192. The molecule has 0 aliphatic heterocycles. The van der Waals surface area contributed by atoms with Crippen LogP contribution in [0.5, 0.6) is 0 Å². The van der Waals surface area contributed by atoms with Gasteiger partial charge < -0.3 is 14.7 Å². The highest BCUT2D eigenvalue weighted by molar-refractivity contribution is 9.10. The fraction of sp³-hybridized carbons (Fsp3) is 0.100. The highest BCUT2D eigenvalue weighted by Crippen LogP contribution is 2.37. The van der Waals surface area contributed by atoms with Gasteiger partial charge in [-0.2, -0.15) is 0 Å². The molecule has 2 N–H and O–H groups in total. The topological polar surface area (TPSA) is 66.7 Å². The molecule has 0 amide bonds. The van der Waals surface area contributed by atoms with Gasteiger partial charge in [0.05, 0.1) is 12.3 Å². The molecule has 0 aliphatic carbocycles. The maximum absolute atomic E-state index is 9.39. The van der Waals surface area contributed by atoms with Crippen LogP contribution in [0.2, 0.25) is 0 Å². The normalized spacial score (nSPS) is 11.2. The van der Waals surface area contributed by atoms with Crippen LogP contribution in [-0.4, -0.2) is 31.2 Å². The predicted molar refractivity (Wildman–Crippen MR) is 123 cm³/mol. The lowest BCUT2D eigenvalue weighted by atomic mass is 10.1. The predicted octanol–water partition coefficient (Wildman–Crippen LogP) is 5.64. The minimum atomic E-state index is 0. The van der Waals surface area contributed by atoms with Crippen molar-refractivity contribution in [2.45, 2.75) is 6.54 Å². The lowest BCUT2D eigenvalue weighted by Gasteiger charge is -2.01. The molecule has 0 unspecified atom stereocenters. The van der Waals surface area contributed by atoms with E-state index < -0.39 is 0 Å². The van der Waals surface area contributed by atoms with Crippen molar-refractivity contribution >= 4 is 66.2 Å². The Morgan fingerprint density at radius 1 is 1.18 bits per heavy atom. The van der Waals surface area contributed by atoms with Gasteiger partial charge in [0.1, 0.15) is 10.7 Å². The number of nitrogens with zero attached hydrogens (tertiary/aromatic N) is 3. The molecule has 4 heterocycles. The van der Waals surface area contributed by atoms with Gasteiger partial charge in [0, 0.05) is 62.4 Å². The van der Waals surface area contributed by atoms with E-state index in [1.54, 1.807) is 17.5 Å². The number of aromatic nitrogens is 4. The van der Waals surface area contributed by atoms with Crippen LogP contribution in [0.3, 0.4) is 0 Å². The maximum Gasteiger partial charge on any atom is 0.137 e. The first-order chi connectivity index (χ1) is 13.2. The monoisotopic (exact) mass is 518 g/mol. The van der Waals surface area contributed by atoms with Crippen LogP contribution in [0.15, 0.2) is 58.8 Å². The number of H-pyrrole nitrogens is 1. The molecular formula is C20H16Br2N4OS. The van der Waals surface area contributed by atoms with Crippen LogP contribution >= 0.6 is 44.2 Å². The first kappa shape index (κ1) is 19.3. The van der Waals surface area contributed by atoms with E-state index in [1.165, 1.54) is 0 Å². The second-order valence-corrected chi connectivity index (χ2v) is 8.03. The molecule has 0 radical (unpaired) electrons. The molecule has 0 aliphatic rings. The number of thiazole rings is 1. The molecule has 0 bridgehead atoms. The first-order valence-corrected chi connectivity index (χ1v) is 10.2. The number of pyridine rings is 1. The largest absolute Gasteiger partial charge is 0.395 e. The van der Waals surface area contributed by atoms with E-state index in [0.717, 1.165) is 48.2 Å². The van der Waals surface area contributed by atoms with E-state index in [4.69, 9.17) is 4.98 Å². The number of hydrogen-bond acceptors (Lipinski definition) is 4. The molecule has 5 nitrogen and oxygen atoms in total. The molecule has 1 aromatic carbocycles. The van der Waals surface area contributed by atoms with Crippen molar-refractivity contribution in [3.05, 3.63) is 58.8 Å². The number of hydrogen-bond donors (Lipinski definition) is 2. The first-order valence-electron chi connectivity index (χ1n) is 8.52. The minimum absolute atomic E-state index is 0. The number of nitrogens with one attached hydrogen (secondary N) is 1. The van der Waals surface area contributed by atoms with E-state index in [1.807, 2.05) is 18.3 Å². The van der Waals surface area contributed by atoms with E-state index in [0.29, 0.717) is 6.54 Å². The molecule has 4 aromatic heterocycles. The summed E-state index contributed by atoms with van der Waals surface area (Å²) in [4.78, 5) is 12.5. The Bertz CT molecular complexity index is 1270. The zero-order valence-corrected chi connectivity index (χ0v) is 18.7. The lowest BCUT2D eigenvalue weighted by molar-refractivity contribution is 0.278. The number of rotatable bonds is 4. The van der Waals surface area contributed by atoms with Crippen LogP contribution in [-0.2, 0) is 6.54 Å². The van der Waals surface area contributed by atoms with Gasteiger partial charge in [-0.05, 0) is 30.3 Å².